The first kappa shape index (κ1) is 17.3. The van der Waals surface area contributed by atoms with Crippen molar-refractivity contribution in [1.82, 2.24) is 9.55 Å². The Morgan fingerprint density at radius 2 is 1.88 bits per heavy atom. The van der Waals surface area contributed by atoms with E-state index in [0.717, 1.165) is 25.7 Å². The molecular formula is C16H24N2O6. The molecule has 8 nitrogen and oxygen atoms in total. The minimum absolute atomic E-state index is 0.229. The molecule has 2 aliphatic rings. The first-order valence-electron chi connectivity index (χ1n) is 8.47. The van der Waals surface area contributed by atoms with Gasteiger partial charge in [-0.1, -0.05) is 26.7 Å². The van der Waals surface area contributed by atoms with Crippen LogP contribution in [0.15, 0.2) is 21.9 Å². The van der Waals surface area contributed by atoms with Crippen LogP contribution in [0.4, 0.5) is 0 Å². The molecular weight excluding hydrogens is 316 g/mol. The van der Waals surface area contributed by atoms with E-state index >= 15 is 0 Å². The second kappa shape index (κ2) is 6.79. The number of nitrogens with zero attached hydrogens (tertiary/aromatic N) is 1. The van der Waals surface area contributed by atoms with E-state index in [1.807, 2.05) is 0 Å². The summed E-state index contributed by atoms with van der Waals surface area (Å²) in [4.78, 5) is 25.6. The van der Waals surface area contributed by atoms with Crippen LogP contribution in [0.25, 0.3) is 0 Å². The molecule has 0 amide bonds. The highest BCUT2D eigenvalue weighted by molar-refractivity contribution is 4.99. The predicted octanol–water partition coefficient (Wildman–Crippen LogP) is 0.507. The van der Waals surface area contributed by atoms with Crippen molar-refractivity contribution >= 4 is 0 Å². The number of nitrogens with one attached hydrogen (secondary N) is 1. The minimum Gasteiger partial charge on any atom is -0.394 e. The van der Waals surface area contributed by atoms with Gasteiger partial charge in [-0.15, -0.1) is 0 Å². The number of aromatic amines is 1. The van der Waals surface area contributed by atoms with Crippen LogP contribution < -0.4 is 11.2 Å². The molecule has 0 aliphatic carbocycles. The molecule has 1 aromatic rings. The first-order valence-corrected chi connectivity index (χ1v) is 8.47. The van der Waals surface area contributed by atoms with Crippen LogP contribution in [0.3, 0.4) is 0 Å². The van der Waals surface area contributed by atoms with Crippen molar-refractivity contribution in [2.24, 2.45) is 0 Å². The fourth-order valence-electron chi connectivity index (χ4n) is 3.62. The van der Waals surface area contributed by atoms with Crippen molar-refractivity contribution in [2.75, 3.05) is 6.61 Å². The molecule has 2 aliphatic heterocycles. The van der Waals surface area contributed by atoms with E-state index < -0.39 is 41.6 Å². The molecule has 3 rings (SSSR count). The van der Waals surface area contributed by atoms with Crippen molar-refractivity contribution in [3.63, 3.8) is 0 Å². The van der Waals surface area contributed by atoms with E-state index in [-0.39, 0.29) is 6.61 Å². The standard InChI is InChI=1S/C16H24N2O6/c1-3-6-16(7-4-2)23-12-10(9-19)22-14(13(12)24-16)18-8-5-11(20)17-15(18)21/h5,8,10,12-14,19H,3-4,6-7,9H2,1-2H3,(H,17,20,21)/t10-,12?,13+,14-/m1/s1. The number of aromatic nitrogens is 2. The average Bonchev–Trinajstić information content (AvgIpc) is 3.04. The average molecular weight is 340 g/mol. The van der Waals surface area contributed by atoms with E-state index in [1.165, 1.54) is 16.8 Å². The van der Waals surface area contributed by atoms with Crippen LogP contribution in [-0.2, 0) is 14.2 Å². The van der Waals surface area contributed by atoms with Crippen LogP contribution >= 0.6 is 0 Å². The highest BCUT2D eigenvalue weighted by Gasteiger charge is 2.58. The van der Waals surface area contributed by atoms with Gasteiger partial charge in [0.1, 0.15) is 18.3 Å². The number of fused-ring (bicyclic) bond motifs is 1. The van der Waals surface area contributed by atoms with Crippen molar-refractivity contribution < 1.29 is 19.3 Å². The summed E-state index contributed by atoms with van der Waals surface area (Å²) in [7, 11) is 0. The van der Waals surface area contributed by atoms with Crippen molar-refractivity contribution in [2.45, 2.75) is 69.9 Å². The van der Waals surface area contributed by atoms with Gasteiger partial charge in [-0.05, 0) is 0 Å². The maximum Gasteiger partial charge on any atom is 0.330 e. The maximum absolute atomic E-state index is 12.1. The Labute approximate surface area is 139 Å². The van der Waals surface area contributed by atoms with Gasteiger partial charge in [-0.25, -0.2) is 4.79 Å². The lowest BCUT2D eigenvalue weighted by atomic mass is 10.1. The van der Waals surface area contributed by atoms with Gasteiger partial charge in [0.05, 0.1) is 6.61 Å². The summed E-state index contributed by atoms with van der Waals surface area (Å²) >= 11 is 0. The number of aliphatic hydroxyl groups excluding tert-OH is 1. The lowest BCUT2D eigenvalue weighted by molar-refractivity contribution is -0.227. The highest BCUT2D eigenvalue weighted by Crippen LogP contribution is 2.46. The van der Waals surface area contributed by atoms with Gasteiger partial charge in [-0.2, -0.15) is 0 Å². The molecule has 1 aromatic heterocycles. The molecule has 1 unspecified atom stereocenters. The molecule has 2 N–H and O–H groups in total. The van der Waals surface area contributed by atoms with Crippen LogP contribution in [0.1, 0.15) is 45.8 Å². The molecule has 0 radical (unpaired) electrons. The minimum atomic E-state index is -0.743. The number of ether oxygens (including phenoxy) is 3. The second-order valence-corrected chi connectivity index (χ2v) is 6.34. The van der Waals surface area contributed by atoms with Gasteiger partial charge in [0.25, 0.3) is 5.56 Å². The summed E-state index contributed by atoms with van der Waals surface area (Å²) in [5.74, 6) is -0.708. The van der Waals surface area contributed by atoms with E-state index in [9.17, 15) is 14.7 Å². The van der Waals surface area contributed by atoms with Gasteiger partial charge in [-0.3, -0.25) is 14.3 Å². The molecule has 4 atom stereocenters. The van der Waals surface area contributed by atoms with Crippen molar-refractivity contribution in [3.05, 3.63) is 33.1 Å². The normalized spacial score (nSPS) is 31.3. The van der Waals surface area contributed by atoms with E-state index in [0.29, 0.717) is 0 Å². The van der Waals surface area contributed by atoms with E-state index in [1.54, 1.807) is 0 Å². The number of H-pyrrole nitrogens is 1. The lowest BCUT2D eigenvalue weighted by Gasteiger charge is -2.30. The van der Waals surface area contributed by atoms with Gasteiger partial charge in [0.2, 0.25) is 0 Å². The molecule has 2 saturated heterocycles. The Kier molecular flexibility index (Phi) is 4.91. The molecule has 8 heteroatoms. The lowest BCUT2D eigenvalue weighted by Crippen LogP contribution is -2.38. The van der Waals surface area contributed by atoms with Gasteiger partial charge >= 0.3 is 5.69 Å². The fourth-order valence-corrected chi connectivity index (χ4v) is 3.62. The third-order valence-electron chi connectivity index (χ3n) is 4.55. The Hall–Kier alpha value is -1.48. The Morgan fingerprint density at radius 3 is 2.46 bits per heavy atom. The number of hydrogen-bond acceptors (Lipinski definition) is 6. The molecule has 0 spiro atoms. The summed E-state index contributed by atoms with van der Waals surface area (Å²) in [6.45, 7) is 3.89. The summed E-state index contributed by atoms with van der Waals surface area (Å²) in [5.41, 5.74) is -1.05. The fraction of sp³-hybridized carbons (Fsp3) is 0.750. The molecule has 0 saturated carbocycles. The van der Waals surface area contributed by atoms with E-state index in [4.69, 9.17) is 14.2 Å². The SMILES string of the molecule is CCCC1(CCC)OC2[C@@H](CO)O[C@@H](n3ccc(=O)[nH]c3=O)[C@H]2O1. The van der Waals surface area contributed by atoms with Crippen molar-refractivity contribution in [3.8, 4) is 0 Å². The summed E-state index contributed by atoms with van der Waals surface area (Å²) in [6.07, 6.45) is 2.37. The molecule has 2 fully saturated rings. The monoisotopic (exact) mass is 340 g/mol. The summed E-state index contributed by atoms with van der Waals surface area (Å²) in [5, 5.41) is 9.62. The Bertz CT molecular complexity index is 678. The van der Waals surface area contributed by atoms with E-state index in [2.05, 4.69) is 18.8 Å². The third-order valence-corrected chi connectivity index (χ3v) is 4.55. The van der Waals surface area contributed by atoms with Gasteiger partial charge < -0.3 is 19.3 Å². The van der Waals surface area contributed by atoms with Crippen LogP contribution in [-0.4, -0.2) is 45.4 Å². The topological polar surface area (TPSA) is 103 Å². The zero-order chi connectivity index (χ0) is 17.3. The number of hydrogen-bond donors (Lipinski definition) is 2. The van der Waals surface area contributed by atoms with Crippen LogP contribution in [0.5, 0.6) is 0 Å². The van der Waals surface area contributed by atoms with Crippen LogP contribution in [0, 0.1) is 0 Å². The smallest absolute Gasteiger partial charge is 0.330 e. The second-order valence-electron chi connectivity index (χ2n) is 6.34. The Morgan fingerprint density at radius 1 is 1.21 bits per heavy atom. The number of aliphatic hydroxyl groups is 1. The molecule has 3 heterocycles. The van der Waals surface area contributed by atoms with Gasteiger partial charge in [0.15, 0.2) is 12.0 Å². The van der Waals surface area contributed by atoms with Gasteiger partial charge in [0, 0.05) is 25.1 Å². The summed E-state index contributed by atoms with van der Waals surface area (Å²) < 4.78 is 19.5. The largest absolute Gasteiger partial charge is 0.394 e. The first-order chi connectivity index (χ1) is 11.5. The zero-order valence-corrected chi connectivity index (χ0v) is 13.9. The zero-order valence-electron chi connectivity index (χ0n) is 13.9. The molecule has 0 aromatic carbocycles. The highest BCUT2D eigenvalue weighted by atomic mass is 16.8. The molecule has 0 bridgehead atoms. The Balaban J connectivity index is 1.93. The summed E-state index contributed by atoms with van der Waals surface area (Å²) in [6, 6.07) is 1.26. The molecule has 24 heavy (non-hydrogen) atoms. The van der Waals surface area contributed by atoms with Crippen LogP contribution in [0.2, 0.25) is 0 Å². The van der Waals surface area contributed by atoms with Crippen molar-refractivity contribution in [1.29, 1.82) is 0 Å². The predicted molar refractivity (Wildman–Crippen MR) is 84.6 cm³/mol. The maximum atomic E-state index is 12.1. The third kappa shape index (κ3) is 2.95. The molecule has 134 valence electrons. The number of rotatable bonds is 6. The quantitative estimate of drug-likeness (QED) is 0.782.